The summed E-state index contributed by atoms with van der Waals surface area (Å²) in [5, 5.41) is 9.76. The Bertz CT molecular complexity index is 778. The van der Waals surface area contributed by atoms with E-state index < -0.39 is 17.9 Å². The zero-order valence-electron chi connectivity index (χ0n) is 9.27. The van der Waals surface area contributed by atoms with Gasteiger partial charge >= 0.3 is 17.9 Å². The summed E-state index contributed by atoms with van der Waals surface area (Å²) >= 11 is 5.94. The number of fused-ring (bicyclic) bond motifs is 3. The van der Waals surface area contributed by atoms with Gasteiger partial charge in [0.25, 0.3) is 0 Å². The highest BCUT2D eigenvalue weighted by molar-refractivity contribution is 6.38. The maximum Gasteiger partial charge on any atom is 0.348 e. The van der Waals surface area contributed by atoms with Gasteiger partial charge in [0.2, 0.25) is 0 Å². The van der Waals surface area contributed by atoms with Crippen LogP contribution < -0.4 is 0 Å². The summed E-state index contributed by atoms with van der Waals surface area (Å²) in [6, 6.07) is 5.81. The van der Waals surface area contributed by atoms with Crippen LogP contribution in [-0.4, -0.2) is 23.0 Å². The standard InChI is InChI=1S/C13H5ClO5/c14-8-4-7-5(2-1-3-6(7)11(15)16)9-10(8)13(18)19-12(9)17/h1-4H,(H,15,16). The molecule has 0 aromatic heterocycles. The number of carbonyl (C=O) groups excluding carboxylic acids is 2. The Morgan fingerprint density at radius 1 is 1.11 bits per heavy atom. The minimum atomic E-state index is -1.14. The number of hydrogen-bond acceptors (Lipinski definition) is 4. The molecule has 2 aromatic carbocycles. The van der Waals surface area contributed by atoms with Crippen molar-refractivity contribution in [3.63, 3.8) is 0 Å². The quantitative estimate of drug-likeness (QED) is 0.639. The number of carboxylic acid groups (broad SMARTS) is 1. The molecule has 0 spiro atoms. The SMILES string of the molecule is O=C1OC(=O)c2c1c(Cl)cc1c(C(=O)O)cccc21. The van der Waals surface area contributed by atoms with Gasteiger partial charge in [-0.05, 0) is 22.9 Å². The Kier molecular flexibility index (Phi) is 2.33. The monoisotopic (exact) mass is 276 g/mol. The van der Waals surface area contributed by atoms with Gasteiger partial charge in [-0.2, -0.15) is 0 Å². The largest absolute Gasteiger partial charge is 0.478 e. The van der Waals surface area contributed by atoms with E-state index in [1.54, 1.807) is 6.07 Å². The molecule has 0 atom stereocenters. The number of hydrogen-bond donors (Lipinski definition) is 1. The van der Waals surface area contributed by atoms with Gasteiger partial charge in [-0.25, -0.2) is 14.4 Å². The second-order valence-electron chi connectivity index (χ2n) is 3.99. The molecule has 5 nitrogen and oxygen atoms in total. The van der Waals surface area contributed by atoms with Gasteiger partial charge in [0, 0.05) is 0 Å². The summed E-state index contributed by atoms with van der Waals surface area (Å²) in [5.41, 5.74) is 0.0201. The predicted molar refractivity (Wildman–Crippen MR) is 65.7 cm³/mol. The average Bonchev–Trinajstić information content (AvgIpc) is 2.65. The van der Waals surface area contributed by atoms with E-state index in [2.05, 4.69) is 4.74 Å². The van der Waals surface area contributed by atoms with Gasteiger partial charge in [0.15, 0.2) is 0 Å². The van der Waals surface area contributed by atoms with E-state index in [1.807, 2.05) is 0 Å². The first kappa shape index (κ1) is 11.7. The molecule has 1 aliphatic rings. The van der Waals surface area contributed by atoms with Crippen LogP contribution in [0.15, 0.2) is 24.3 Å². The normalized spacial score (nSPS) is 13.5. The van der Waals surface area contributed by atoms with Crippen LogP contribution in [0, 0.1) is 0 Å². The summed E-state index contributed by atoms with van der Waals surface area (Å²) in [6.45, 7) is 0. The Morgan fingerprint density at radius 2 is 1.79 bits per heavy atom. The Morgan fingerprint density at radius 3 is 2.47 bits per heavy atom. The predicted octanol–water partition coefficient (Wildman–Crippen LogP) is 2.50. The molecule has 0 saturated heterocycles. The van der Waals surface area contributed by atoms with Crippen LogP contribution in [-0.2, 0) is 4.74 Å². The van der Waals surface area contributed by atoms with E-state index in [-0.39, 0.29) is 21.7 Å². The summed E-state index contributed by atoms with van der Waals surface area (Å²) < 4.78 is 4.51. The van der Waals surface area contributed by atoms with Gasteiger partial charge < -0.3 is 9.84 Å². The van der Waals surface area contributed by atoms with E-state index in [9.17, 15) is 14.4 Å². The number of aromatic carboxylic acids is 1. The highest BCUT2D eigenvalue weighted by Crippen LogP contribution is 2.35. The number of cyclic esters (lactones) is 2. The van der Waals surface area contributed by atoms with Crippen molar-refractivity contribution in [2.45, 2.75) is 0 Å². The van der Waals surface area contributed by atoms with Crippen LogP contribution in [0.1, 0.15) is 31.1 Å². The molecule has 0 aliphatic carbocycles. The smallest absolute Gasteiger partial charge is 0.348 e. The molecule has 0 unspecified atom stereocenters. The highest BCUT2D eigenvalue weighted by atomic mass is 35.5. The molecule has 0 saturated carbocycles. The Labute approximate surface area is 111 Å². The van der Waals surface area contributed by atoms with E-state index in [0.717, 1.165) is 0 Å². The van der Waals surface area contributed by atoms with E-state index in [0.29, 0.717) is 10.8 Å². The molecule has 3 rings (SSSR count). The van der Waals surface area contributed by atoms with Crippen LogP contribution in [0.25, 0.3) is 10.8 Å². The molecule has 1 aliphatic heterocycles. The van der Waals surface area contributed by atoms with Crippen molar-refractivity contribution in [1.82, 2.24) is 0 Å². The van der Waals surface area contributed by atoms with Crippen molar-refractivity contribution in [2.75, 3.05) is 0 Å². The molecule has 19 heavy (non-hydrogen) atoms. The van der Waals surface area contributed by atoms with Crippen LogP contribution in [0.4, 0.5) is 0 Å². The lowest BCUT2D eigenvalue weighted by Crippen LogP contribution is -2.01. The number of benzene rings is 2. The summed E-state index contributed by atoms with van der Waals surface area (Å²) in [4.78, 5) is 34.3. The second-order valence-corrected chi connectivity index (χ2v) is 4.40. The third kappa shape index (κ3) is 1.52. The van der Waals surface area contributed by atoms with Crippen molar-refractivity contribution in [3.05, 3.63) is 46.0 Å². The molecule has 0 fully saturated rings. The minimum absolute atomic E-state index is 0.00653. The molecule has 1 N–H and O–H groups in total. The van der Waals surface area contributed by atoms with Crippen molar-refractivity contribution >= 4 is 40.3 Å². The Balaban J connectivity index is 2.52. The minimum Gasteiger partial charge on any atom is -0.478 e. The van der Waals surface area contributed by atoms with Gasteiger partial charge in [0.1, 0.15) is 0 Å². The lowest BCUT2D eigenvalue weighted by molar-refractivity contribution is 0.0444. The number of carboxylic acids is 1. The molecule has 6 heteroatoms. The van der Waals surface area contributed by atoms with Gasteiger partial charge in [-0.1, -0.05) is 23.7 Å². The van der Waals surface area contributed by atoms with E-state index >= 15 is 0 Å². The van der Waals surface area contributed by atoms with Crippen LogP contribution >= 0.6 is 11.6 Å². The molecule has 2 aromatic rings. The molecular formula is C13H5ClO5. The molecular weight excluding hydrogens is 272 g/mol. The van der Waals surface area contributed by atoms with E-state index in [4.69, 9.17) is 16.7 Å². The fraction of sp³-hybridized carbons (Fsp3) is 0. The van der Waals surface area contributed by atoms with Crippen molar-refractivity contribution in [1.29, 1.82) is 0 Å². The summed E-state index contributed by atoms with van der Waals surface area (Å²) in [7, 11) is 0. The molecule has 1 heterocycles. The second kappa shape index (κ2) is 3.80. The molecule has 0 radical (unpaired) electrons. The fourth-order valence-corrected chi connectivity index (χ4v) is 2.46. The van der Waals surface area contributed by atoms with Gasteiger partial charge in [0.05, 0.1) is 21.7 Å². The third-order valence-electron chi connectivity index (χ3n) is 2.96. The molecule has 0 amide bonds. The third-order valence-corrected chi connectivity index (χ3v) is 3.26. The number of rotatable bonds is 1. The first-order valence-electron chi connectivity index (χ1n) is 5.25. The van der Waals surface area contributed by atoms with Crippen LogP contribution in [0.5, 0.6) is 0 Å². The van der Waals surface area contributed by atoms with Crippen LogP contribution in [0.3, 0.4) is 0 Å². The lowest BCUT2D eigenvalue weighted by atomic mass is 9.97. The number of ether oxygens (including phenoxy) is 1. The zero-order valence-corrected chi connectivity index (χ0v) is 10.0. The molecule has 94 valence electrons. The van der Waals surface area contributed by atoms with Crippen LogP contribution in [0.2, 0.25) is 5.02 Å². The van der Waals surface area contributed by atoms with Gasteiger partial charge in [-0.15, -0.1) is 0 Å². The topological polar surface area (TPSA) is 80.7 Å². The first-order valence-corrected chi connectivity index (χ1v) is 5.63. The summed E-state index contributed by atoms with van der Waals surface area (Å²) in [6.07, 6.45) is 0. The maximum absolute atomic E-state index is 11.7. The summed E-state index contributed by atoms with van der Waals surface area (Å²) in [5.74, 6) is -2.76. The Hall–Kier alpha value is -2.40. The van der Waals surface area contributed by atoms with Crippen molar-refractivity contribution < 1.29 is 24.2 Å². The van der Waals surface area contributed by atoms with Crippen molar-refractivity contribution in [2.24, 2.45) is 0 Å². The van der Waals surface area contributed by atoms with Gasteiger partial charge in [-0.3, -0.25) is 0 Å². The van der Waals surface area contributed by atoms with E-state index in [1.165, 1.54) is 18.2 Å². The lowest BCUT2D eigenvalue weighted by Gasteiger charge is -2.06. The highest BCUT2D eigenvalue weighted by Gasteiger charge is 2.34. The maximum atomic E-state index is 11.7. The number of esters is 2. The zero-order chi connectivity index (χ0) is 13.7. The fourth-order valence-electron chi connectivity index (χ4n) is 2.18. The number of halogens is 1. The first-order chi connectivity index (χ1) is 9.00. The van der Waals surface area contributed by atoms with Crippen molar-refractivity contribution in [3.8, 4) is 0 Å². The average molecular weight is 277 g/mol. The number of carbonyl (C=O) groups is 3. The molecule has 0 bridgehead atoms.